The molecule has 0 saturated carbocycles. The number of hydrogen-bond acceptors (Lipinski definition) is 3. The molecule has 0 heterocycles. The van der Waals surface area contributed by atoms with Crippen LogP contribution in [0.25, 0.3) is 0 Å². The number of carbonyl (C=O) groups excluding carboxylic acids is 1. The number of rotatable bonds is 4. The van der Waals surface area contributed by atoms with Gasteiger partial charge in [-0.2, -0.15) is 0 Å². The fourth-order valence-corrected chi connectivity index (χ4v) is 2.12. The van der Waals surface area contributed by atoms with Crippen LogP contribution in [-0.4, -0.2) is 17.6 Å². The molecule has 0 aliphatic rings. The van der Waals surface area contributed by atoms with Crippen LogP contribution in [0.1, 0.15) is 28.4 Å². The van der Waals surface area contributed by atoms with Gasteiger partial charge in [0.25, 0.3) is 5.91 Å². The number of aromatic hydroxyl groups is 1. The van der Waals surface area contributed by atoms with Crippen molar-refractivity contribution in [2.45, 2.75) is 19.4 Å². The SMILES string of the molecule is Cc1ccc(C(=O)NC(C)(CN)c2ccccc2)cc1O. The quantitative estimate of drug-likeness (QED) is 0.806. The van der Waals surface area contributed by atoms with Crippen molar-refractivity contribution in [3.8, 4) is 5.75 Å². The number of hydrogen-bond donors (Lipinski definition) is 3. The first-order valence-electron chi connectivity index (χ1n) is 6.84. The number of aryl methyl sites for hydroxylation is 1. The van der Waals surface area contributed by atoms with E-state index < -0.39 is 5.54 Å². The molecule has 0 bridgehead atoms. The summed E-state index contributed by atoms with van der Waals surface area (Å²) < 4.78 is 0. The van der Waals surface area contributed by atoms with E-state index in [1.807, 2.05) is 37.3 Å². The molecule has 1 unspecified atom stereocenters. The van der Waals surface area contributed by atoms with Gasteiger partial charge in [0.15, 0.2) is 0 Å². The topological polar surface area (TPSA) is 75.4 Å². The number of phenolic OH excluding ortho intramolecular Hbond substituents is 1. The Morgan fingerprint density at radius 3 is 2.48 bits per heavy atom. The van der Waals surface area contributed by atoms with Crippen LogP contribution in [0.5, 0.6) is 5.75 Å². The van der Waals surface area contributed by atoms with Crippen LogP contribution in [0.2, 0.25) is 0 Å². The lowest BCUT2D eigenvalue weighted by Gasteiger charge is -2.30. The molecule has 2 rings (SSSR count). The first kappa shape index (κ1) is 15.1. The highest BCUT2D eigenvalue weighted by molar-refractivity contribution is 5.95. The lowest BCUT2D eigenvalue weighted by Crippen LogP contribution is -2.48. The number of amides is 1. The summed E-state index contributed by atoms with van der Waals surface area (Å²) in [6.07, 6.45) is 0. The van der Waals surface area contributed by atoms with Crippen molar-refractivity contribution in [1.82, 2.24) is 5.32 Å². The highest BCUT2D eigenvalue weighted by atomic mass is 16.3. The molecular weight excluding hydrogens is 264 g/mol. The summed E-state index contributed by atoms with van der Waals surface area (Å²) in [6, 6.07) is 14.5. The Balaban J connectivity index is 2.26. The second-order valence-electron chi connectivity index (χ2n) is 5.36. The van der Waals surface area contributed by atoms with Crippen molar-refractivity contribution in [3.05, 3.63) is 65.2 Å². The Bertz CT molecular complexity index is 640. The Labute approximate surface area is 124 Å². The van der Waals surface area contributed by atoms with Gasteiger partial charge < -0.3 is 16.2 Å². The average molecular weight is 284 g/mol. The molecule has 4 nitrogen and oxygen atoms in total. The van der Waals surface area contributed by atoms with Crippen LogP contribution in [0.4, 0.5) is 0 Å². The fraction of sp³-hybridized carbons (Fsp3) is 0.235. The maximum atomic E-state index is 12.4. The van der Waals surface area contributed by atoms with Crippen molar-refractivity contribution in [2.75, 3.05) is 6.54 Å². The number of phenols is 1. The third-order valence-electron chi connectivity index (χ3n) is 3.68. The molecule has 0 aliphatic carbocycles. The zero-order valence-electron chi connectivity index (χ0n) is 12.3. The van der Waals surface area contributed by atoms with E-state index in [0.717, 1.165) is 11.1 Å². The van der Waals surface area contributed by atoms with Gasteiger partial charge in [-0.05, 0) is 37.1 Å². The standard InChI is InChI=1S/C17H20N2O2/c1-12-8-9-13(10-15(12)20)16(21)19-17(2,11-18)14-6-4-3-5-7-14/h3-10,20H,11,18H2,1-2H3,(H,19,21). The molecule has 21 heavy (non-hydrogen) atoms. The van der Waals surface area contributed by atoms with Gasteiger partial charge in [0.05, 0.1) is 5.54 Å². The number of nitrogens with two attached hydrogens (primary N) is 1. The minimum atomic E-state index is -0.654. The second-order valence-corrected chi connectivity index (χ2v) is 5.36. The summed E-state index contributed by atoms with van der Waals surface area (Å²) >= 11 is 0. The van der Waals surface area contributed by atoms with Crippen LogP contribution in [0.3, 0.4) is 0 Å². The molecule has 2 aromatic carbocycles. The van der Waals surface area contributed by atoms with Gasteiger partial charge in [-0.3, -0.25) is 4.79 Å². The van der Waals surface area contributed by atoms with Crippen LogP contribution >= 0.6 is 0 Å². The molecule has 0 radical (unpaired) electrons. The van der Waals surface area contributed by atoms with Crippen LogP contribution in [-0.2, 0) is 5.54 Å². The van der Waals surface area contributed by atoms with E-state index in [4.69, 9.17) is 5.73 Å². The maximum absolute atomic E-state index is 12.4. The predicted molar refractivity (Wildman–Crippen MR) is 83.2 cm³/mol. The van der Waals surface area contributed by atoms with Gasteiger partial charge in [0.1, 0.15) is 5.75 Å². The van der Waals surface area contributed by atoms with Crippen molar-refractivity contribution >= 4 is 5.91 Å². The zero-order valence-corrected chi connectivity index (χ0v) is 12.3. The highest BCUT2D eigenvalue weighted by Gasteiger charge is 2.27. The summed E-state index contributed by atoms with van der Waals surface area (Å²) in [5, 5.41) is 12.7. The second kappa shape index (κ2) is 5.97. The average Bonchev–Trinajstić information content (AvgIpc) is 2.50. The molecule has 0 saturated heterocycles. The summed E-state index contributed by atoms with van der Waals surface area (Å²) in [4.78, 5) is 12.4. The third-order valence-corrected chi connectivity index (χ3v) is 3.68. The Morgan fingerprint density at radius 2 is 1.90 bits per heavy atom. The third kappa shape index (κ3) is 3.23. The molecule has 4 N–H and O–H groups in total. The molecule has 1 atom stereocenters. The van der Waals surface area contributed by atoms with E-state index in [-0.39, 0.29) is 18.2 Å². The van der Waals surface area contributed by atoms with E-state index in [1.54, 1.807) is 19.1 Å². The summed E-state index contributed by atoms with van der Waals surface area (Å²) in [6.45, 7) is 3.94. The molecule has 2 aromatic rings. The van der Waals surface area contributed by atoms with Gasteiger partial charge in [0, 0.05) is 12.1 Å². The lowest BCUT2D eigenvalue weighted by molar-refractivity contribution is 0.0907. The largest absolute Gasteiger partial charge is 0.508 e. The molecule has 0 spiro atoms. The van der Waals surface area contributed by atoms with Crippen molar-refractivity contribution in [2.24, 2.45) is 5.73 Å². The summed E-state index contributed by atoms with van der Waals surface area (Å²) in [7, 11) is 0. The van der Waals surface area contributed by atoms with Gasteiger partial charge in [0.2, 0.25) is 0 Å². The molecule has 0 aliphatic heterocycles. The van der Waals surface area contributed by atoms with Crippen LogP contribution in [0, 0.1) is 6.92 Å². The molecule has 110 valence electrons. The smallest absolute Gasteiger partial charge is 0.252 e. The van der Waals surface area contributed by atoms with E-state index in [0.29, 0.717) is 5.56 Å². The van der Waals surface area contributed by atoms with Gasteiger partial charge in [-0.25, -0.2) is 0 Å². The molecule has 0 aromatic heterocycles. The minimum absolute atomic E-state index is 0.108. The van der Waals surface area contributed by atoms with Gasteiger partial charge in [-0.15, -0.1) is 0 Å². The molecule has 0 fully saturated rings. The normalized spacial score (nSPS) is 13.5. The van der Waals surface area contributed by atoms with Crippen LogP contribution in [0.15, 0.2) is 48.5 Å². The summed E-state index contributed by atoms with van der Waals surface area (Å²) in [5.74, 6) is -0.154. The lowest BCUT2D eigenvalue weighted by atomic mass is 9.91. The number of nitrogens with one attached hydrogen (secondary N) is 1. The van der Waals surface area contributed by atoms with Crippen molar-refractivity contribution in [3.63, 3.8) is 0 Å². The van der Waals surface area contributed by atoms with E-state index in [9.17, 15) is 9.90 Å². The van der Waals surface area contributed by atoms with Gasteiger partial charge in [-0.1, -0.05) is 36.4 Å². The van der Waals surface area contributed by atoms with E-state index in [1.165, 1.54) is 6.07 Å². The fourth-order valence-electron chi connectivity index (χ4n) is 2.12. The Morgan fingerprint density at radius 1 is 1.24 bits per heavy atom. The highest BCUT2D eigenvalue weighted by Crippen LogP contribution is 2.22. The van der Waals surface area contributed by atoms with Gasteiger partial charge >= 0.3 is 0 Å². The first-order valence-corrected chi connectivity index (χ1v) is 6.84. The van der Waals surface area contributed by atoms with E-state index >= 15 is 0 Å². The molecule has 1 amide bonds. The Hall–Kier alpha value is -2.33. The maximum Gasteiger partial charge on any atom is 0.252 e. The number of carbonyl (C=O) groups is 1. The molecule has 4 heteroatoms. The summed E-state index contributed by atoms with van der Waals surface area (Å²) in [5.41, 5.74) is 7.29. The monoisotopic (exact) mass is 284 g/mol. The van der Waals surface area contributed by atoms with Crippen molar-refractivity contribution < 1.29 is 9.90 Å². The Kier molecular flexibility index (Phi) is 4.29. The van der Waals surface area contributed by atoms with Crippen LogP contribution < -0.4 is 11.1 Å². The predicted octanol–water partition coefficient (Wildman–Crippen LogP) is 2.30. The number of benzene rings is 2. The minimum Gasteiger partial charge on any atom is -0.508 e. The zero-order chi connectivity index (χ0) is 15.5. The van der Waals surface area contributed by atoms with E-state index in [2.05, 4.69) is 5.32 Å². The first-order chi connectivity index (χ1) is 9.96. The molecular formula is C17H20N2O2. The van der Waals surface area contributed by atoms with Crippen molar-refractivity contribution in [1.29, 1.82) is 0 Å².